The van der Waals surface area contributed by atoms with Crippen LogP contribution in [0.2, 0.25) is 0 Å². The molecule has 9 heteroatoms. The van der Waals surface area contributed by atoms with Crippen LogP contribution in [0.1, 0.15) is 17.2 Å². The lowest BCUT2D eigenvalue weighted by Crippen LogP contribution is -2.24. The lowest BCUT2D eigenvalue weighted by atomic mass is 10.1. The van der Waals surface area contributed by atoms with Crippen LogP contribution in [0.15, 0.2) is 76.6 Å². The lowest BCUT2D eigenvalue weighted by molar-refractivity contribution is 0.278. The van der Waals surface area contributed by atoms with Gasteiger partial charge in [0.1, 0.15) is 30.8 Å². The van der Waals surface area contributed by atoms with Crippen LogP contribution in [0, 0.1) is 4.78 Å². The van der Waals surface area contributed by atoms with Gasteiger partial charge in [0, 0.05) is 16.9 Å². The number of anilines is 2. The Balaban J connectivity index is 1.34. The number of methoxy groups -OCH3 is 1. The number of nitrogens with one attached hydrogen (secondary N) is 3. The summed E-state index contributed by atoms with van der Waals surface area (Å²) in [5, 5.41) is 3.20. The fraction of sp³-hybridized carbons (Fsp3) is 0.174. The number of rotatable bonds is 5. The van der Waals surface area contributed by atoms with Gasteiger partial charge in [-0.2, -0.15) is 0 Å². The fourth-order valence-electron chi connectivity index (χ4n) is 3.75. The minimum absolute atomic E-state index is 0.231. The van der Waals surface area contributed by atoms with Crippen molar-refractivity contribution < 1.29 is 18.4 Å². The predicted molar refractivity (Wildman–Crippen MR) is 123 cm³/mol. The molecule has 0 saturated carbocycles. The monoisotopic (exact) mass is 450 g/mol. The number of fused-ring (bicyclic) bond motifs is 2. The number of hydrogen-bond donors (Lipinski definition) is 3. The highest BCUT2D eigenvalue weighted by molar-refractivity contribution is 7.93. The van der Waals surface area contributed by atoms with Crippen molar-refractivity contribution in [3.63, 3.8) is 0 Å². The summed E-state index contributed by atoms with van der Waals surface area (Å²) in [5.74, 6) is 1.50. The third kappa shape index (κ3) is 3.82. The molecule has 0 fully saturated rings. The van der Waals surface area contributed by atoms with Crippen molar-refractivity contribution in [2.45, 2.75) is 17.5 Å². The zero-order valence-corrected chi connectivity index (χ0v) is 18.1. The number of nitrogens with zero attached hydrogens (tertiary/aromatic N) is 1. The van der Waals surface area contributed by atoms with Gasteiger partial charge in [-0.1, -0.05) is 24.3 Å². The molecule has 0 spiro atoms. The van der Waals surface area contributed by atoms with E-state index in [9.17, 15) is 4.21 Å². The number of aliphatic imine (C=N–C) groups is 1. The number of hydrogen-bond acceptors (Lipinski definition) is 6. The lowest BCUT2D eigenvalue weighted by Gasteiger charge is -2.22. The minimum Gasteiger partial charge on any atom is -0.496 e. The van der Waals surface area contributed by atoms with Gasteiger partial charge in [-0.15, -0.1) is 0 Å². The third-order valence-corrected chi connectivity index (χ3v) is 6.76. The summed E-state index contributed by atoms with van der Waals surface area (Å²) in [5.41, 5.74) is 3.21. The van der Waals surface area contributed by atoms with E-state index in [2.05, 4.69) is 10.0 Å². The first-order chi connectivity index (χ1) is 15.5. The molecule has 3 aromatic carbocycles. The van der Waals surface area contributed by atoms with E-state index < -0.39 is 9.92 Å². The molecule has 2 heterocycles. The van der Waals surface area contributed by atoms with Crippen LogP contribution >= 0.6 is 0 Å². The Morgan fingerprint density at radius 2 is 1.97 bits per heavy atom. The number of benzene rings is 3. The molecular weight excluding hydrogens is 428 g/mol. The Labute approximate surface area is 186 Å². The standard InChI is InChI=1S/C23H22N4O4S/c1-29-20-8-5-9-21-22(20)19(14-30-21)26-23-25-18-11-10-16(12-15(18)13-31-23)27-32(24,28)17-6-3-2-4-7-17/h2-12,19H,13-14H2,1H3,(H,25,26)(H2,24,27,28). The maximum Gasteiger partial charge on any atom is 0.290 e. The summed E-state index contributed by atoms with van der Waals surface area (Å²) in [7, 11) is -1.53. The molecule has 0 aliphatic carbocycles. The molecule has 3 N–H and O–H groups in total. The summed E-state index contributed by atoms with van der Waals surface area (Å²) >= 11 is 0. The number of ether oxygens (including phenoxy) is 3. The first-order valence-electron chi connectivity index (χ1n) is 10.1. The van der Waals surface area contributed by atoms with E-state index in [0.29, 0.717) is 29.8 Å². The molecule has 2 unspecified atom stereocenters. The maximum atomic E-state index is 12.8. The predicted octanol–water partition coefficient (Wildman–Crippen LogP) is 4.56. The summed E-state index contributed by atoms with van der Waals surface area (Å²) in [6.07, 6.45) is 0. The highest BCUT2D eigenvalue weighted by atomic mass is 32.2. The highest BCUT2D eigenvalue weighted by Gasteiger charge is 2.29. The van der Waals surface area contributed by atoms with Gasteiger partial charge < -0.3 is 19.5 Å². The zero-order valence-electron chi connectivity index (χ0n) is 17.3. The van der Waals surface area contributed by atoms with Gasteiger partial charge in [0.05, 0.1) is 17.6 Å². The topological polar surface area (TPSA) is 105 Å². The van der Waals surface area contributed by atoms with E-state index in [4.69, 9.17) is 24.0 Å². The smallest absolute Gasteiger partial charge is 0.290 e. The molecule has 0 amide bonds. The van der Waals surface area contributed by atoms with E-state index >= 15 is 0 Å². The summed E-state index contributed by atoms with van der Waals surface area (Å²) < 4.78 is 40.9. The SMILES string of the molecule is COc1cccc2c1C(N=C1Nc3ccc(NS(=N)(=O)c4ccccc4)cc3CO1)CO2. The molecule has 0 bridgehead atoms. The van der Waals surface area contributed by atoms with Gasteiger partial charge in [0.25, 0.3) is 6.02 Å². The average molecular weight is 451 g/mol. The Morgan fingerprint density at radius 1 is 1.12 bits per heavy atom. The quantitative estimate of drug-likeness (QED) is 0.529. The van der Waals surface area contributed by atoms with Crippen molar-refractivity contribution in [2.24, 2.45) is 4.99 Å². The normalized spacial score (nSPS) is 19.5. The molecular formula is C23H22N4O4S. The summed E-state index contributed by atoms with van der Waals surface area (Å²) in [6.45, 7) is 0.713. The van der Waals surface area contributed by atoms with Gasteiger partial charge in [-0.05, 0) is 42.5 Å². The van der Waals surface area contributed by atoms with Crippen LogP contribution in [0.4, 0.5) is 11.4 Å². The van der Waals surface area contributed by atoms with E-state index in [0.717, 1.165) is 28.3 Å². The van der Waals surface area contributed by atoms with Gasteiger partial charge in [-0.3, -0.25) is 4.72 Å². The van der Waals surface area contributed by atoms with Crippen LogP contribution in [0.3, 0.4) is 0 Å². The van der Waals surface area contributed by atoms with Crippen molar-refractivity contribution in [3.05, 3.63) is 77.9 Å². The van der Waals surface area contributed by atoms with Gasteiger partial charge >= 0.3 is 0 Å². The van der Waals surface area contributed by atoms with Gasteiger partial charge in [0.15, 0.2) is 9.92 Å². The Bertz CT molecular complexity index is 1290. The molecule has 0 saturated heterocycles. The first-order valence-corrected chi connectivity index (χ1v) is 11.6. The summed E-state index contributed by atoms with van der Waals surface area (Å²) in [6, 6.07) is 20.0. The molecule has 8 nitrogen and oxygen atoms in total. The van der Waals surface area contributed by atoms with Crippen LogP contribution in [0.5, 0.6) is 11.5 Å². The molecule has 0 aromatic heterocycles. The van der Waals surface area contributed by atoms with Crippen LogP contribution in [-0.4, -0.2) is 23.9 Å². The molecule has 2 aliphatic rings. The van der Waals surface area contributed by atoms with E-state index in [1.165, 1.54) is 0 Å². The van der Waals surface area contributed by atoms with Crippen LogP contribution < -0.4 is 19.5 Å². The molecule has 164 valence electrons. The summed E-state index contributed by atoms with van der Waals surface area (Å²) in [4.78, 5) is 5.12. The first kappa shape index (κ1) is 20.2. The largest absolute Gasteiger partial charge is 0.496 e. The Kier molecular flexibility index (Phi) is 5.10. The number of amidine groups is 1. The molecule has 2 aliphatic heterocycles. The Hall–Kier alpha value is -3.72. The van der Waals surface area contributed by atoms with Crippen LogP contribution in [0.25, 0.3) is 0 Å². The third-order valence-electron chi connectivity index (χ3n) is 5.30. The highest BCUT2D eigenvalue weighted by Crippen LogP contribution is 2.41. The second kappa shape index (κ2) is 8.08. The average Bonchev–Trinajstić information content (AvgIpc) is 3.22. The molecule has 5 rings (SSSR count). The minimum atomic E-state index is -3.16. The molecule has 0 radical (unpaired) electrons. The Morgan fingerprint density at radius 3 is 2.78 bits per heavy atom. The molecule has 2 atom stereocenters. The van der Waals surface area contributed by atoms with Crippen molar-refractivity contribution in [3.8, 4) is 11.5 Å². The van der Waals surface area contributed by atoms with Crippen LogP contribution in [-0.2, 0) is 21.3 Å². The van der Waals surface area contributed by atoms with Crippen molar-refractivity contribution in [1.82, 2.24) is 0 Å². The van der Waals surface area contributed by atoms with Crippen molar-refractivity contribution >= 4 is 27.3 Å². The molecule has 3 aromatic rings. The van der Waals surface area contributed by atoms with Crippen molar-refractivity contribution in [2.75, 3.05) is 23.8 Å². The van der Waals surface area contributed by atoms with Crippen molar-refractivity contribution in [1.29, 1.82) is 4.78 Å². The van der Waals surface area contributed by atoms with Gasteiger partial charge in [-0.25, -0.2) is 14.0 Å². The molecule has 32 heavy (non-hydrogen) atoms. The second-order valence-corrected chi connectivity index (χ2v) is 9.18. The maximum absolute atomic E-state index is 12.8. The van der Waals surface area contributed by atoms with E-state index in [-0.39, 0.29) is 6.04 Å². The van der Waals surface area contributed by atoms with Gasteiger partial charge in [0.2, 0.25) is 0 Å². The zero-order chi connectivity index (χ0) is 22.1. The van der Waals surface area contributed by atoms with E-state index in [1.54, 1.807) is 37.4 Å². The fourth-order valence-corrected chi connectivity index (χ4v) is 4.87. The second-order valence-electron chi connectivity index (χ2n) is 7.39. The van der Waals surface area contributed by atoms with E-state index in [1.807, 2.05) is 36.4 Å².